The van der Waals surface area contributed by atoms with Crippen LogP contribution in [-0.4, -0.2) is 40.7 Å². The number of amides is 1. The average Bonchev–Trinajstić information content (AvgIpc) is 2.37. The fourth-order valence-corrected chi connectivity index (χ4v) is 1.61. The smallest absolute Gasteiger partial charge is 0.220 e. The topological polar surface area (TPSA) is 130 Å². The fraction of sp³-hybridized carbons (Fsp3) is 0.333. The predicted molar refractivity (Wildman–Crippen MR) is 64.8 cm³/mol. The maximum absolute atomic E-state index is 10.8. The molecular weight excluding hydrogens is 254 g/mol. The number of aliphatic hydroxyl groups excluding tert-OH is 2. The van der Waals surface area contributed by atoms with Crippen LogP contribution in [-0.2, 0) is 4.79 Å². The molecule has 0 bridgehead atoms. The Hall–Kier alpha value is -2.12. The third kappa shape index (κ3) is 3.43. The van der Waals surface area contributed by atoms with Crippen LogP contribution in [0, 0.1) is 0 Å². The maximum atomic E-state index is 10.8. The van der Waals surface area contributed by atoms with E-state index in [0.717, 1.165) is 0 Å². The Balaban J connectivity index is 3.12. The van der Waals surface area contributed by atoms with Crippen LogP contribution in [0.5, 0.6) is 11.5 Å². The van der Waals surface area contributed by atoms with E-state index in [2.05, 4.69) is 0 Å². The van der Waals surface area contributed by atoms with Crippen LogP contribution in [0.3, 0.4) is 0 Å². The van der Waals surface area contributed by atoms with Gasteiger partial charge in [0.05, 0.1) is 25.2 Å². The van der Waals surface area contributed by atoms with Gasteiger partial charge in [0.15, 0.2) is 17.8 Å². The van der Waals surface area contributed by atoms with Crippen molar-refractivity contribution in [2.45, 2.75) is 18.6 Å². The monoisotopic (exact) mass is 269 g/mol. The second kappa shape index (κ2) is 6.17. The van der Waals surface area contributed by atoms with Crippen LogP contribution in [0.4, 0.5) is 0 Å². The third-order valence-electron chi connectivity index (χ3n) is 2.59. The number of rotatable bonds is 6. The second-order valence-corrected chi connectivity index (χ2v) is 3.96. The van der Waals surface area contributed by atoms with Crippen molar-refractivity contribution in [1.82, 2.24) is 0 Å². The van der Waals surface area contributed by atoms with E-state index >= 15 is 0 Å². The molecule has 1 amide bonds. The van der Waals surface area contributed by atoms with Crippen LogP contribution in [0.15, 0.2) is 12.1 Å². The Morgan fingerprint density at radius 1 is 1.47 bits per heavy atom. The molecule has 7 nitrogen and oxygen atoms in total. The van der Waals surface area contributed by atoms with Gasteiger partial charge >= 0.3 is 0 Å². The molecule has 0 heterocycles. The molecule has 0 saturated carbocycles. The molecule has 0 saturated heterocycles. The summed E-state index contributed by atoms with van der Waals surface area (Å²) in [6.07, 6.45) is -2.89. The summed E-state index contributed by atoms with van der Waals surface area (Å²) in [4.78, 5) is 21.5. The lowest BCUT2D eigenvalue weighted by Crippen LogP contribution is -2.25. The van der Waals surface area contributed by atoms with E-state index in [-0.39, 0.29) is 22.6 Å². The Morgan fingerprint density at radius 2 is 2.11 bits per heavy atom. The Bertz CT molecular complexity index is 487. The van der Waals surface area contributed by atoms with Gasteiger partial charge in [0.25, 0.3) is 0 Å². The normalized spacial score (nSPS) is 13.6. The highest BCUT2D eigenvalue weighted by molar-refractivity contribution is 5.81. The molecule has 7 heteroatoms. The standard InChI is InChI=1S/C12H15NO6/c1-19-9-3-6(2-7(5-14)12(9)18)11(17)8(15)4-10(13)16/h2-3,5,8,11,15,17-18H,4H2,1H3,(H2,13,16). The SMILES string of the molecule is COc1cc(C(O)C(O)CC(N)=O)cc(C=O)c1O. The quantitative estimate of drug-likeness (QED) is 0.514. The van der Waals surface area contributed by atoms with Crippen molar-refractivity contribution in [2.75, 3.05) is 7.11 Å². The van der Waals surface area contributed by atoms with E-state index in [0.29, 0.717) is 6.29 Å². The number of ether oxygens (including phenoxy) is 1. The van der Waals surface area contributed by atoms with E-state index in [1.165, 1.54) is 19.2 Å². The third-order valence-corrected chi connectivity index (χ3v) is 2.59. The highest BCUT2D eigenvalue weighted by atomic mass is 16.5. The molecular formula is C12H15NO6. The number of hydrogen-bond donors (Lipinski definition) is 4. The summed E-state index contributed by atoms with van der Waals surface area (Å²) < 4.78 is 4.85. The largest absolute Gasteiger partial charge is 0.504 e. The van der Waals surface area contributed by atoms with Gasteiger partial charge in [-0.05, 0) is 17.7 Å². The lowest BCUT2D eigenvalue weighted by Gasteiger charge is -2.18. The lowest BCUT2D eigenvalue weighted by atomic mass is 9.99. The molecule has 19 heavy (non-hydrogen) atoms. The number of primary amides is 1. The molecule has 1 aromatic carbocycles. The molecule has 0 radical (unpaired) electrons. The Kier molecular flexibility index (Phi) is 4.85. The summed E-state index contributed by atoms with van der Waals surface area (Å²) in [6, 6.07) is 2.46. The number of aromatic hydroxyl groups is 1. The lowest BCUT2D eigenvalue weighted by molar-refractivity contribution is -0.121. The predicted octanol–water partition coefficient (Wildman–Crippen LogP) is -0.517. The number of benzene rings is 1. The zero-order valence-electron chi connectivity index (χ0n) is 10.2. The summed E-state index contributed by atoms with van der Waals surface area (Å²) >= 11 is 0. The number of phenolic OH excluding ortho intramolecular Hbond substituents is 1. The number of carbonyl (C=O) groups is 2. The number of aliphatic hydroxyl groups is 2. The molecule has 0 spiro atoms. The van der Waals surface area contributed by atoms with E-state index in [9.17, 15) is 24.9 Å². The van der Waals surface area contributed by atoms with Gasteiger partial charge in [0, 0.05) is 0 Å². The first kappa shape index (κ1) is 14.9. The van der Waals surface area contributed by atoms with E-state index in [1.54, 1.807) is 0 Å². The Labute approximate surface area is 109 Å². The molecule has 0 aromatic heterocycles. The van der Waals surface area contributed by atoms with Crippen LogP contribution in [0.25, 0.3) is 0 Å². The van der Waals surface area contributed by atoms with E-state index in [1.807, 2.05) is 0 Å². The molecule has 2 atom stereocenters. The molecule has 5 N–H and O–H groups in total. The first-order valence-electron chi connectivity index (χ1n) is 5.41. The molecule has 2 unspecified atom stereocenters. The van der Waals surface area contributed by atoms with Crippen molar-refractivity contribution in [2.24, 2.45) is 5.73 Å². The number of hydrogen-bond acceptors (Lipinski definition) is 6. The van der Waals surface area contributed by atoms with E-state index < -0.39 is 24.5 Å². The van der Waals surface area contributed by atoms with Gasteiger partial charge < -0.3 is 25.8 Å². The number of carbonyl (C=O) groups excluding carboxylic acids is 2. The summed E-state index contributed by atoms with van der Waals surface area (Å²) in [5, 5.41) is 29.1. The molecule has 0 aliphatic rings. The van der Waals surface area contributed by atoms with Gasteiger partial charge in [-0.25, -0.2) is 0 Å². The van der Waals surface area contributed by atoms with Crippen molar-refractivity contribution < 1.29 is 29.6 Å². The van der Waals surface area contributed by atoms with Crippen LogP contribution >= 0.6 is 0 Å². The molecule has 0 fully saturated rings. The number of aldehydes is 1. The minimum Gasteiger partial charge on any atom is -0.504 e. The molecule has 0 aliphatic carbocycles. The van der Waals surface area contributed by atoms with E-state index in [4.69, 9.17) is 10.5 Å². The summed E-state index contributed by atoms with van der Waals surface area (Å²) in [6.45, 7) is 0. The fourth-order valence-electron chi connectivity index (χ4n) is 1.61. The van der Waals surface area contributed by atoms with Gasteiger partial charge in [0.1, 0.15) is 6.10 Å². The minimum atomic E-state index is -1.43. The number of phenols is 1. The van der Waals surface area contributed by atoms with Gasteiger partial charge in [-0.3, -0.25) is 9.59 Å². The van der Waals surface area contributed by atoms with Crippen LogP contribution in [0.1, 0.15) is 28.4 Å². The van der Waals surface area contributed by atoms with Crippen molar-refractivity contribution in [3.8, 4) is 11.5 Å². The van der Waals surface area contributed by atoms with Crippen molar-refractivity contribution in [1.29, 1.82) is 0 Å². The first-order chi connectivity index (χ1) is 8.90. The number of methoxy groups -OCH3 is 1. The van der Waals surface area contributed by atoms with Crippen LogP contribution in [0.2, 0.25) is 0 Å². The highest BCUT2D eigenvalue weighted by Gasteiger charge is 2.23. The van der Waals surface area contributed by atoms with Gasteiger partial charge in [-0.1, -0.05) is 0 Å². The zero-order chi connectivity index (χ0) is 14.6. The first-order valence-corrected chi connectivity index (χ1v) is 5.41. The van der Waals surface area contributed by atoms with Crippen molar-refractivity contribution in [3.05, 3.63) is 23.3 Å². The zero-order valence-corrected chi connectivity index (χ0v) is 10.2. The molecule has 104 valence electrons. The number of nitrogens with two attached hydrogens (primary N) is 1. The summed E-state index contributed by atoms with van der Waals surface area (Å²) in [5.41, 5.74) is 4.95. The van der Waals surface area contributed by atoms with Gasteiger partial charge in [-0.15, -0.1) is 0 Å². The highest BCUT2D eigenvalue weighted by Crippen LogP contribution is 2.33. The summed E-state index contributed by atoms with van der Waals surface area (Å²) in [5.74, 6) is -1.16. The van der Waals surface area contributed by atoms with Crippen molar-refractivity contribution in [3.63, 3.8) is 0 Å². The molecule has 0 aliphatic heterocycles. The Morgan fingerprint density at radius 3 is 2.58 bits per heavy atom. The minimum absolute atomic E-state index is 0.0232. The average molecular weight is 269 g/mol. The van der Waals surface area contributed by atoms with Gasteiger partial charge in [-0.2, -0.15) is 0 Å². The van der Waals surface area contributed by atoms with Crippen molar-refractivity contribution >= 4 is 12.2 Å². The molecule has 1 rings (SSSR count). The van der Waals surface area contributed by atoms with Gasteiger partial charge in [0.2, 0.25) is 5.91 Å². The molecule has 1 aromatic rings. The van der Waals surface area contributed by atoms with Crippen LogP contribution < -0.4 is 10.5 Å². The second-order valence-electron chi connectivity index (χ2n) is 3.96. The summed E-state index contributed by atoms with van der Waals surface area (Å²) in [7, 11) is 1.28. The maximum Gasteiger partial charge on any atom is 0.220 e.